The van der Waals surface area contributed by atoms with E-state index in [2.05, 4.69) is 15.0 Å². The van der Waals surface area contributed by atoms with Crippen molar-refractivity contribution in [2.45, 2.75) is 17.9 Å². The Bertz CT molecular complexity index is 782. The minimum absolute atomic E-state index is 0.0248. The molecule has 0 spiro atoms. The molecule has 1 unspecified atom stereocenters. The Labute approximate surface area is 143 Å². The van der Waals surface area contributed by atoms with Crippen LogP contribution in [0.3, 0.4) is 0 Å². The first kappa shape index (κ1) is 16.7. The van der Waals surface area contributed by atoms with E-state index in [0.717, 1.165) is 11.0 Å². The fourth-order valence-electron chi connectivity index (χ4n) is 2.31. The molecule has 3 rings (SSSR count). The summed E-state index contributed by atoms with van der Waals surface area (Å²) in [7, 11) is 1.64. The molecule has 0 amide bonds. The summed E-state index contributed by atoms with van der Waals surface area (Å²) >= 11 is 1.28. The lowest BCUT2D eigenvalue weighted by Gasteiger charge is -2.22. The molecule has 0 saturated heterocycles. The fourth-order valence-corrected chi connectivity index (χ4v) is 3.00. The Balaban J connectivity index is 1.91. The van der Waals surface area contributed by atoms with Gasteiger partial charge in [-0.1, -0.05) is 24.3 Å². The minimum Gasteiger partial charge on any atom is -0.380 e. The minimum atomic E-state index is -0.866. The second-order valence-corrected chi connectivity index (χ2v) is 6.17. The average molecular weight is 349 g/mol. The van der Waals surface area contributed by atoms with E-state index in [1.807, 2.05) is 13.0 Å². The lowest BCUT2D eigenvalue weighted by atomic mass is 10.0. The zero-order valence-corrected chi connectivity index (χ0v) is 14.1. The normalized spacial score (nSPS) is 14.4. The van der Waals surface area contributed by atoms with Gasteiger partial charge in [0, 0.05) is 36.7 Å². The quantitative estimate of drug-likeness (QED) is 0.818. The third kappa shape index (κ3) is 3.37. The zero-order chi connectivity index (χ0) is 17.1. The number of para-hydroxylation sites is 1. The van der Waals surface area contributed by atoms with Crippen LogP contribution in [0.25, 0.3) is 11.1 Å². The van der Waals surface area contributed by atoms with Gasteiger partial charge in [-0.2, -0.15) is 4.40 Å². The Kier molecular flexibility index (Phi) is 5.01. The van der Waals surface area contributed by atoms with Crippen LogP contribution in [0.5, 0.6) is 0 Å². The van der Waals surface area contributed by atoms with Gasteiger partial charge in [-0.05, 0) is 19.1 Å². The van der Waals surface area contributed by atoms with Crippen molar-refractivity contribution in [2.75, 3.05) is 19.0 Å². The first-order chi connectivity index (χ1) is 11.6. The van der Waals surface area contributed by atoms with Crippen molar-refractivity contribution in [2.24, 2.45) is 4.40 Å². The number of fused-ring (bicyclic) bond motifs is 1. The molecule has 126 valence electrons. The van der Waals surface area contributed by atoms with Crippen LogP contribution in [0.15, 0.2) is 45.7 Å². The summed E-state index contributed by atoms with van der Waals surface area (Å²) in [6.45, 7) is 2.51. The molecule has 2 aromatic rings. The average Bonchev–Trinajstić information content (AvgIpc) is 2.61. The zero-order valence-electron chi connectivity index (χ0n) is 13.3. The molecule has 0 bridgehead atoms. The first-order valence-corrected chi connectivity index (χ1v) is 8.23. The first-order valence-electron chi connectivity index (χ1n) is 7.46. The Morgan fingerprint density at radius 3 is 2.75 bits per heavy atom. The maximum atomic E-state index is 14.2. The molecule has 0 aliphatic carbocycles. The van der Waals surface area contributed by atoms with Crippen molar-refractivity contribution in [3.63, 3.8) is 0 Å². The Hall–Kier alpha value is -2.12. The highest BCUT2D eigenvalue weighted by molar-refractivity contribution is 7.98. The van der Waals surface area contributed by atoms with Crippen LogP contribution < -0.4 is 10.6 Å². The molecule has 2 aromatic carbocycles. The van der Waals surface area contributed by atoms with Crippen molar-refractivity contribution in [3.05, 3.63) is 48.0 Å². The maximum Gasteiger partial charge on any atom is 0.208 e. The number of nitrogens with zero attached hydrogens (tertiary/aromatic N) is 1. The third-order valence-corrected chi connectivity index (χ3v) is 4.52. The number of ether oxygens (including phenoxy) is 1. The number of hydrogen-bond donors (Lipinski definition) is 2. The van der Waals surface area contributed by atoms with E-state index < -0.39 is 11.6 Å². The summed E-state index contributed by atoms with van der Waals surface area (Å²) < 4.78 is 37.3. The van der Waals surface area contributed by atoms with Gasteiger partial charge in [-0.15, -0.1) is 0 Å². The van der Waals surface area contributed by atoms with Gasteiger partial charge in [-0.25, -0.2) is 8.78 Å². The molecular formula is C17H17F2N3OS. The molecule has 1 aliphatic rings. The van der Waals surface area contributed by atoms with Crippen LogP contribution in [0.4, 0.5) is 14.5 Å². The molecule has 4 nitrogen and oxygen atoms in total. The van der Waals surface area contributed by atoms with Gasteiger partial charge < -0.3 is 15.4 Å². The van der Waals surface area contributed by atoms with Crippen LogP contribution in [0.1, 0.15) is 6.92 Å². The Morgan fingerprint density at radius 2 is 1.96 bits per heavy atom. The second-order valence-electron chi connectivity index (χ2n) is 5.36. The van der Waals surface area contributed by atoms with Crippen LogP contribution in [-0.4, -0.2) is 25.7 Å². The molecule has 1 heterocycles. The van der Waals surface area contributed by atoms with Gasteiger partial charge in [0.15, 0.2) is 11.6 Å². The van der Waals surface area contributed by atoms with Crippen molar-refractivity contribution >= 4 is 23.6 Å². The van der Waals surface area contributed by atoms with E-state index in [-0.39, 0.29) is 11.7 Å². The van der Waals surface area contributed by atoms with Crippen molar-refractivity contribution < 1.29 is 13.5 Å². The van der Waals surface area contributed by atoms with Gasteiger partial charge in [0.2, 0.25) is 5.96 Å². The van der Waals surface area contributed by atoms with E-state index in [9.17, 15) is 8.78 Å². The van der Waals surface area contributed by atoms with Gasteiger partial charge in [0.05, 0.1) is 16.7 Å². The summed E-state index contributed by atoms with van der Waals surface area (Å²) in [5.41, 5.74) is 1.51. The molecule has 24 heavy (non-hydrogen) atoms. The summed E-state index contributed by atoms with van der Waals surface area (Å²) in [5, 5.41) is 6.31. The second kappa shape index (κ2) is 7.19. The predicted octanol–water partition coefficient (Wildman–Crippen LogP) is 4.04. The fraction of sp³-hybridized carbons (Fsp3) is 0.235. The van der Waals surface area contributed by atoms with Gasteiger partial charge in [0.1, 0.15) is 0 Å². The van der Waals surface area contributed by atoms with E-state index in [0.29, 0.717) is 23.8 Å². The van der Waals surface area contributed by atoms with Crippen LogP contribution in [0.2, 0.25) is 0 Å². The SMILES string of the molecule is COC(C)CNC1=NSc2cccc(-c3cccc(F)c3F)c2N1. The number of guanidine groups is 1. The molecule has 1 aliphatic heterocycles. The number of anilines is 1. The molecular weight excluding hydrogens is 332 g/mol. The number of hydrogen-bond acceptors (Lipinski definition) is 5. The predicted molar refractivity (Wildman–Crippen MR) is 93.2 cm³/mol. The van der Waals surface area contributed by atoms with Crippen molar-refractivity contribution in [3.8, 4) is 11.1 Å². The lowest BCUT2D eigenvalue weighted by molar-refractivity contribution is 0.121. The van der Waals surface area contributed by atoms with E-state index in [1.165, 1.54) is 18.0 Å². The number of benzene rings is 2. The highest BCUT2D eigenvalue weighted by atomic mass is 32.2. The van der Waals surface area contributed by atoms with E-state index in [4.69, 9.17) is 4.74 Å². The number of nitrogens with one attached hydrogen (secondary N) is 2. The smallest absolute Gasteiger partial charge is 0.208 e. The van der Waals surface area contributed by atoms with Gasteiger partial charge >= 0.3 is 0 Å². The summed E-state index contributed by atoms with van der Waals surface area (Å²) in [4.78, 5) is 0.849. The highest BCUT2D eigenvalue weighted by Crippen LogP contribution is 2.40. The standard InChI is InChI=1S/C17H17F2N3OS/c1-10(23-2)9-20-17-21-16-12(6-4-8-14(16)24-22-17)11-5-3-7-13(18)15(11)19/h3-8,10H,9H2,1-2H3,(H2,20,21,22). The van der Waals surface area contributed by atoms with Crippen molar-refractivity contribution in [1.29, 1.82) is 0 Å². The Morgan fingerprint density at radius 1 is 1.21 bits per heavy atom. The number of methoxy groups -OCH3 is 1. The van der Waals surface area contributed by atoms with Crippen LogP contribution in [-0.2, 0) is 4.74 Å². The topological polar surface area (TPSA) is 45.6 Å². The highest BCUT2D eigenvalue weighted by Gasteiger charge is 2.20. The molecule has 1 atom stereocenters. The third-order valence-electron chi connectivity index (χ3n) is 3.71. The van der Waals surface area contributed by atoms with E-state index >= 15 is 0 Å². The van der Waals surface area contributed by atoms with Gasteiger partial charge in [0.25, 0.3) is 0 Å². The largest absolute Gasteiger partial charge is 0.380 e. The molecule has 7 heteroatoms. The maximum absolute atomic E-state index is 14.2. The number of halogens is 2. The molecule has 0 saturated carbocycles. The van der Waals surface area contributed by atoms with Crippen LogP contribution >= 0.6 is 11.9 Å². The summed E-state index contributed by atoms with van der Waals surface area (Å²) in [5.74, 6) is -1.17. The monoisotopic (exact) mass is 349 g/mol. The molecule has 0 radical (unpaired) electrons. The molecule has 0 aromatic heterocycles. The molecule has 2 N–H and O–H groups in total. The van der Waals surface area contributed by atoms with E-state index in [1.54, 1.807) is 25.3 Å². The summed E-state index contributed by atoms with van der Waals surface area (Å²) in [6, 6.07) is 9.60. The summed E-state index contributed by atoms with van der Waals surface area (Å²) in [6.07, 6.45) is 0.0248. The lowest BCUT2D eigenvalue weighted by Crippen LogP contribution is -2.37. The van der Waals surface area contributed by atoms with Crippen molar-refractivity contribution in [1.82, 2.24) is 5.32 Å². The van der Waals surface area contributed by atoms with Crippen LogP contribution in [0, 0.1) is 11.6 Å². The van der Waals surface area contributed by atoms with Gasteiger partial charge in [-0.3, -0.25) is 0 Å². The number of rotatable bonds is 4. The molecule has 0 fully saturated rings.